The molecule has 0 fully saturated rings. The van der Waals surface area contributed by atoms with E-state index < -0.39 is 38.7 Å². The molecule has 0 aliphatic carbocycles. The minimum absolute atomic E-state index is 0.0334. The Hall–Kier alpha value is -2.51. The van der Waals surface area contributed by atoms with E-state index in [9.17, 15) is 34.8 Å². The molecule has 2 aromatic rings. The van der Waals surface area contributed by atoms with Gasteiger partial charge in [0.25, 0.3) is 15.9 Å². The van der Waals surface area contributed by atoms with Gasteiger partial charge in [-0.05, 0) is 42.5 Å². The van der Waals surface area contributed by atoms with Gasteiger partial charge in [0.05, 0.1) is 27.5 Å². The number of amides is 1. The van der Waals surface area contributed by atoms with Crippen molar-refractivity contribution in [3.05, 3.63) is 53.1 Å². The van der Waals surface area contributed by atoms with E-state index in [2.05, 4.69) is 9.44 Å². The highest BCUT2D eigenvalue weighted by atomic mass is 35.5. The van der Waals surface area contributed by atoms with E-state index in [0.29, 0.717) is 0 Å². The largest absolute Gasteiger partial charge is 0.405 e. The fraction of sp³-hybridized carbons (Fsp3) is 0.188. The van der Waals surface area contributed by atoms with E-state index in [0.717, 1.165) is 30.5 Å². The van der Waals surface area contributed by atoms with Crippen LogP contribution >= 0.6 is 11.6 Å². The van der Waals surface area contributed by atoms with Crippen LogP contribution in [0.1, 0.15) is 10.4 Å². The molecule has 0 spiro atoms. The normalized spacial score (nSPS) is 12.3. The van der Waals surface area contributed by atoms with Crippen LogP contribution in [0.3, 0.4) is 0 Å². The molecule has 0 aliphatic heterocycles. The van der Waals surface area contributed by atoms with Gasteiger partial charge in [0, 0.05) is 5.56 Å². The predicted octanol–water partition coefficient (Wildman–Crippen LogP) is 2.80. The summed E-state index contributed by atoms with van der Waals surface area (Å²) in [6.45, 7) is -1.52. The summed E-state index contributed by atoms with van der Waals surface area (Å²) in [5.41, 5.74) is -0.0696. The molecule has 2 rings (SSSR count). The number of rotatable bonds is 7. The second kappa shape index (κ2) is 8.70. The van der Waals surface area contributed by atoms with Crippen molar-refractivity contribution in [3.63, 3.8) is 0 Å². The standard InChI is InChI=1S/C16H15ClF3N3O5S2/c1-29(25,26)23-14-7-4-11(8-13(14)17)22-30(27,28)12-5-2-10(3-6-12)15(24)21-9-16(18,19)20/h2-8,22-23H,9H2,1H3,(H,21,24). The van der Waals surface area contributed by atoms with Gasteiger partial charge in [0.1, 0.15) is 6.54 Å². The summed E-state index contributed by atoms with van der Waals surface area (Å²) >= 11 is 5.94. The van der Waals surface area contributed by atoms with Crippen molar-refractivity contribution in [1.82, 2.24) is 5.32 Å². The van der Waals surface area contributed by atoms with Gasteiger partial charge in [-0.25, -0.2) is 16.8 Å². The molecule has 2 aromatic carbocycles. The summed E-state index contributed by atoms with van der Waals surface area (Å²) in [5.74, 6) is -1.01. The van der Waals surface area contributed by atoms with Gasteiger partial charge in [0.15, 0.2) is 0 Å². The maximum Gasteiger partial charge on any atom is 0.405 e. The zero-order chi connectivity index (χ0) is 22.7. The van der Waals surface area contributed by atoms with Crippen LogP contribution in [0.25, 0.3) is 0 Å². The van der Waals surface area contributed by atoms with Crippen LogP contribution in [-0.4, -0.2) is 41.7 Å². The third kappa shape index (κ3) is 7.07. The lowest BCUT2D eigenvalue weighted by Crippen LogP contribution is -2.33. The van der Waals surface area contributed by atoms with Crippen LogP contribution in [0.15, 0.2) is 47.4 Å². The Balaban J connectivity index is 2.14. The van der Waals surface area contributed by atoms with Crippen LogP contribution < -0.4 is 14.8 Å². The van der Waals surface area contributed by atoms with E-state index in [1.165, 1.54) is 18.2 Å². The first-order chi connectivity index (χ1) is 13.7. The van der Waals surface area contributed by atoms with Crippen molar-refractivity contribution in [2.75, 3.05) is 22.2 Å². The Kier molecular flexibility index (Phi) is 6.89. The van der Waals surface area contributed by atoms with Crippen LogP contribution in [0.5, 0.6) is 0 Å². The number of anilines is 2. The van der Waals surface area contributed by atoms with E-state index in [1.807, 2.05) is 0 Å². The van der Waals surface area contributed by atoms with Gasteiger partial charge >= 0.3 is 6.18 Å². The van der Waals surface area contributed by atoms with Crippen molar-refractivity contribution in [2.45, 2.75) is 11.1 Å². The molecule has 8 nitrogen and oxygen atoms in total. The van der Waals surface area contributed by atoms with E-state index >= 15 is 0 Å². The maximum absolute atomic E-state index is 12.4. The summed E-state index contributed by atoms with van der Waals surface area (Å²) in [6.07, 6.45) is -3.65. The van der Waals surface area contributed by atoms with Gasteiger partial charge in [0.2, 0.25) is 10.0 Å². The number of alkyl halides is 3. The van der Waals surface area contributed by atoms with E-state index in [1.54, 1.807) is 5.32 Å². The summed E-state index contributed by atoms with van der Waals surface area (Å²) < 4.78 is 88.2. The predicted molar refractivity (Wildman–Crippen MR) is 106 cm³/mol. The Labute approximate surface area is 175 Å². The van der Waals surface area contributed by atoms with Crippen LogP contribution in [0.2, 0.25) is 5.02 Å². The molecule has 164 valence electrons. The lowest BCUT2D eigenvalue weighted by molar-refractivity contribution is -0.123. The highest BCUT2D eigenvalue weighted by molar-refractivity contribution is 7.92. The summed E-state index contributed by atoms with van der Waals surface area (Å²) in [5, 5.41) is 1.61. The first-order valence-electron chi connectivity index (χ1n) is 7.91. The van der Waals surface area contributed by atoms with Crippen molar-refractivity contribution in [3.8, 4) is 0 Å². The number of carbonyl (C=O) groups is 1. The summed E-state index contributed by atoms with van der Waals surface area (Å²) in [6, 6.07) is 7.94. The number of hydrogen-bond acceptors (Lipinski definition) is 5. The number of hydrogen-bond donors (Lipinski definition) is 3. The average molecular weight is 486 g/mol. The molecule has 0 saturated carbocycles. The van der Waals surface area contributed by atoms with Gasteiger partial charge in [-0.15, -0.1) is 0 Å². The molecule has 0 radical (unpaired) electrons. The summed E-state index contributed by atoms with van der Waals surface area (Å²) in [4.78, 5) is 11.4. The smallest absolute Gasteiger partial charge is 0.343 e. The zero-order valence-electron chi connectivity index (χ0n) is 15.1. The number of nitrogens with one attached hydrogen (secondary N) is 3. The molecule has 0 aliphatic rings. The highest BCUT2D eigenvalue weighted by Gasteiger charge is 2.28. The van der Waals surface area contributed by atoms with Gasteiger partial charge in [-0.3, -0.25) is 14.2 Å². The van der Waals surface area contributed by atoms with Gasteiger partial charge in [-0.1, -0.05) is 11.6 Å². The number of sulfonamides is 2. The van der Waals surface area contributed by atoms with Gasteiger partial charge in [-0.2, -0.15) is 13.2 Å². The molecular formula is C16H15ClF3N3O5S2. The molecule has 0 aromatic heterocycles. The van der Waals surface area contributed by atoms with Crippen molar-refractivity contribution in [1.29, 1.82) is 0 Å². The van der Waals surface area contributed by atoms with Crippen molar-refractivity contribution in [2.24, 2.45) is 0 Å². The minimum Gasteiger partial charge on any atom is -0.343 e. The molecule has 14 heteroatoms. The first kappa shape index (κ1) is 23.8. The third-order valence-corrected chi connectivity index (χ3v) is 5.69. The molecule has 0 atom stereocenters. The Bertz CT molecular complexity index is 1150. The molecule has 0 saturated heterocycles. The number of benzene rings is 2. The number of carbonyl (C=O) groups excluding carboxylic acids is 1. The van der Waals surface area contributed by atoms with Gasteiger partial charge < -0.3 is 5.32 Å². The lowest BCUT2D eigenvalue weighted by atomic mass is 10.2. The average Bonchev–Trinajstić information content (AvgIpc) is 2.60. The monoisotopic (exact) mass is 485 g/mol. The lowest BCUT2D eigenvalue weighted by Gasteiger charge is -2.12. The molecular weight excluding hydrogens is 471 g/mol. The van der Waals surface area contributed by atoms with Crippen LogP contribution in [0, 0.1) is 0 Å². The SMILES string of the molecule is CS(=O)(=O)Nc1ccc(NS(=O)(=O)c2ccc(C(=O)NCC(F)(F)F)cc2)cc1Cl. The number of halogens is 4. The molecule has 30 heavy (non-hydrogen) atoms. The molecule has 0 heterocycles. The zero-order valence-corrected chi connectivity index (χ0v) is 17.5. The van der Waals surface area contributed by atoms with E-state index in [4.69, 9.17) is 11.6 Å². The Morgan fingerprint density at radius 3 is 2.10 bits per heavy atom. The van der Waals surface area contributed by atoms with Crippen LogP contribution in [0.4, 0.5) is 24.5 Å². The molecule has 0 bridgehead atoms. The first-order valence-corrected chi connectivity index (χ1v) is 11.7. The maximum atomic E-state index is 12.4. The third-order valence-electron chi connectivity index (χ3n) is 3.39. The Morgan fingerprint density at radius 1 is 1.00 bits per heavy atom. The highest BCUT2D eigenvalue weighted by Crippen LogP contribution is 2.27. The fourth-order valence-electron chi connectivity index (χ4n) is 2.14. The van der Waals surface area contributed by atoms with Crippen molar-refractivity contribution >= 4 is 48.9 Å². The summed E-state index contributed by atoms with van der Waals surface area (Å²) in [7, 11) is -7.70. The molecule has 0 unspecified atom stereocenters. The second-order valence-electron chi connectivity index (χ2n) is 6.00. The van der Waals surface area contributed by atoms with Crippen molar-refractivity contribution < 1.29 is 34.8 Å². The van der Waals surface area contributed by atoms with Crippen LogP contribution in [-0.2, 0) is 20.0 Å². The topological polar surface area (TPSA) is 121 Å². The quantitative estimate of drug-likeness (QED) is 0.556. The molecule has 1 amide bonds. The minimum atomic E-state index is -4.57. The Morgan fingerprint density at radius 2 is 1.60 bits per heavy atom. The van der Waals surface area contributed by atoms with E-state index in [-0.39, 0.29) is 26.9 Å². The fourth-order valence-corrected chi connectivity index (χ4v) is 4.05. The second-order valence-corrected chi connectivity index (χ2v) is 9.83. The molecule has 3 N–H and O–H groups in total.